The summed E-state index contributed by atoms with van der Waals surface area (Å²) < 4.78 is 52.1. The number of aryl methyl sites for hydroxylation is 1. The number of rotatable bonds is 15. The van der Waals surface area contributed by atoms with Gasteiger partial charge in [-0.15, -0.1) is 0 Å². The van der Waals surface area contributed by atoms with Gasteiger partial charge in [0, 0.05) is 80.7 Å². The zero-order valence-corrected chi connectivity index (χ0v) is 49.6. The van der Waals surface area contributed by atoms with E-state index in [1.807, 2.05) is 58.0 Å². The number of benzene rings is 3. The molecule has 7 heterocycles. The number of hydrogen-bond acceptors (Lipinski definition) is 15. The molecule has 0 spiro atoms. The molecule has 0 aliphatic carbocycles. The largest absolute Gasteiger partial charge is 0.507 e. The smallest absolute Gasteiger partial charge is 0.355 e. The highest BCUT2D eigenvalue weighted by atomic mass is 35.5. The molecule has 4 aromatic heterocycles. The highest BCUT2D eigenvalue weighted by molar-refractivity contribution is 6.36. The zero-order chi connectivity index (χ0) is 61.0. The lowest BCUT2D eigenvalue weighted by Crippen LogP contribution is -2.55. The molecule has 2 fully saturated rings. The number of carbonyl (C=O) groups is 2. The van der Waals surface area contributed by atoms with Crippen molar-refractivity contribution in [2.45, 2.75) is 90.9 Å². The monoisotopic (exact) mass is 1180 g/mol. The second kappa shape index (κ2) is 26.1. The standard InChI is InChI=1S/C33H39ClFN7O2.C30H30F2N6O3/c1-5-8-25(39(3)4)21-44-33-37-28-20-40(29-12-7-10-23-9-6-11-27(34)30(23)29)16-14-26(28)31(38-33)41-17-18-42(32(43)22(2)35)24(19-41)13-15-36;1-6-24(40)36-12-13-37(17(4)15-36)28-20-14-22(32)26(25-21(31)8-7-9-23(25)39)34-29(20)38(30(41)35-28)27-18(5)33-11-10-19(27)16(2)3/h6-7,9-12,24-25H,2,5,8,13-14,16-21H2,1,3-4H3;6-11,14,16-17,39H,1,12-13,15H2,2-5H3. The molecule has 2 amide bonds. The van der Waals surface area contributed by atoms with E-state index in [-0.39, 0.29) is 53.7 Å². The molecule has 3 aliphatic rings. The van der Waals surface area contributed by atoms with Gasteiger partial charge in [0.25, 0.3) is 5.91 Å². The molecule has 0 bridgehead atoms. The first-order chi connectivity index (χ1) is 40.7. The summed E-state index contributed by atoms with van der Waals surface area (Å²) in [6, 6.07) is 20.6. The molecule has 22 heteroatoms. The van der Waals surface area contributed by atoms with Gasteiger partial charge in [0.15, 0.2) is 17.3 Å². The Morgan fingerprint density at radius 3 is 2.40 bits per heavy atom. The van der Waals surface area contributed by atoms with Crippen molar-refractivity contribution in [3.05, 3.63) is 148 Å². The van der Waals surface area contributed by atoms with E-state index in [1.165, 1.54) is 27.7 Å². The van der Waals surface area contributed by atoms with Crippen LogP contribution in [0.1, 0.15) is 75.4 Å². The summed E-state index contributed by atoms with van der Waals surface area (Å²) in [5.41, 5.74) is 3.20. The Kier molecular flexibility index (Phi) is 18.7. The van der Waals surface area contributed by atoms with E-state index in [1.54, 1.807) is 24.1 Å². The summed E-state index contributed by atoms with van der Waals surface area (Å²) in [5.74, 6) is -3.33. The minimum atomic E-state index is -1.02. The first-order valence-electron chi connectivity index (χ1n) is 28.4. The molecule has 85 heavy (non-hydrogen) atoms. The number of hydrogen-bond donors (Lipinski definition) is 1. The van der Waals surface area contributed by atoms with Gasteiger partial charge in [0.2, 0.25) is 5.91 Å². The number of aromatic hydroxyl groups is 1. The van der Waals surface area contributed by atoms with Crippen LogP contribution in [0.25, 0.3) is 38.8 Å². The Morgan fingerprint density at radius 1 is 0.965 bits per heavy atom. The molecule has 3 aliphatic heterocycles. The van der Waals surface area contributed by atoms with Crippen LogP contribution in [0.2, 0.25) is 5.02 Å². The van der Waals surface area contributed by atoms with E-state index in [9.17, 15) is 33.5 Å². The van der Waals surface area contributed by atoms with Crippen molar-refractivity contribution in [1.82, 2.24) is 44.2 Å². The van der Waals surface area contributed by atoms with Crippen molar-refractivity contribution in [3.63, 3.8) is 0 Å². The van der Waals surface area contributed by atoms with Crippen molar-refractivity contribution >= 4 is 62.5 Å². The van der Waals surface area contributed by atoms with Gasteiger partial charge in [-0.25, -0.2) is 27.5 Å². The van der Waals surface area contributed by atoms with Crippen LogP contribution < -0.4 is 25.1 Å². The van der Waals surface area contributed by atoms with E-state index in [2.05, 4.69) is 74.0 Å². The maximum Gasteiger partial charge on any atom is 0.355 e. The number of carbonyl (C=O) groups excluding carboxylic acids is 2. The number of piperazine rings is 2. The first-order valence-corrected chi connectivity index (χ1v) is 28.8. The number of anilines is 3. The lowest BCUT2D eigenvalue weighted by Gasteiger charge is -2.42. The van der Waals surface area contributed by atoms with Crippen molar-refractivity contribution in [3.8, 4) is 34.8 Å². The fourth-order valence-electron chi connectivity index (χ4n) is 11.6. The zero-order valence-electron chi connectivity index (χ0n) is 48.8. The third-order valence-corrected chi connectivity index (χ3v) is 16.3. The van der Waals surface area contributed by atoms with Crippen LogP contribution in [0.5, 0.6) is 11.8 Å². The van der Waals surface area contributed by atoms with Gasteiger partial charge in [-0.2, -0.15) is 20.2 Å². The number of likely N-dealkylation sites (N-methyl/N-ethyl adjacent to an activating group) is 1. The van der Waals surface area contributed by atoms with Crippen molar-refractivity contribution in [2.24, 2.45) is 0 Å². The number of pyridine rings is 2. The molecule has 3 unspecified atom stereocenters. The summed E-state index contributed by atoms with van der Waals surface area (Å²) in [6.07, 6.45) is 5.66. The second-order valence-electron chi connectivity index (χ2n) is 22.0. The lowest BCUT2D eigenvalue weighted by molar-refractivity contribution is -0.131. The van der Waals surface area contributed by atoms with Gasteiger partial charge in [-0.3, -0.25) is 14.6 Å². The first kappa shape index (κ1) is 61.0. The fraction of sp³-hybridized carbons (Fsp3) is 0.381. The van der Waals surface area contributed by atoms with Gasteiger partial charge >= 0.3 is 11.7 Å². The van der Waals surface area contributed by atoms with Crippen LogP contribution in [-0.4, -0.2) is 146 Å². The number of fused-ring (bicyclic) bond motifs is 3. The number of nitrogens with zero attached hydrogens (tertiary/aromatic N) is 13. The summed E-state index contributed by atoms with van der Waals surface area (Å²) in [5, 5.41) is 22.9. The Hall–Kier alpha value is -8.61. The Labute approximate surface area is 497 Å². The normalized spacial score (nSPS) is 16.5. The molecule has 18 nitrogen and oxygen atoms in total. The number of phenolic OH excluding ortho intramolecular Hbond substituents is 1. The molecule has 3 aromatic carbocycles. The molecule has 7 aromatic rings. The van der Waals surface area contributed by atoms with E-state index < -0.39 is 52.1 Å². The minimum absolute atomic E-state index is 0.0145. The van der Waals surface area contributed by atoms with Crippen LogP contribution >= 0.6 is 11.6 Å². The lowest BCUT2D eigenvalue weighted by atomic mass is 10.0. The summed E-state index contributed by atoms with van der Waals surface area (Å²) in [4.78, 5) is 73.2. The van der Waals surface area contributed by atoms with Crippen LogP contribution in [0, 0.1) is 29.9 Å². The quantitative estimate of drug-likeness (QED) is 0.0953. The van der Waals surface area contributed by atoms with Gasteiger partial charge in [0.05, 0.1) is 58.1 Å². The van der Waals surface area contributed by atoms with Gasteiger partial charge < -0.3 is 39.2 Å². The third-order valence-electron chi connectivity index (χ3n) is 16.0. The van der Waals surface area contributed by atoms with E-state index in [0.29, 0.717) is 74.7 Å². The molecular formula is C63H69ClF3N13O5. The van der Waals surface area contributed by atoms with Gasteiger partial charge in [0.1, 0.15) is 35.5 Å². The summed E-state index contributed by atoms with van der Waals surface area (Å²) in [7, 11) is 4.08. The molecule has 2 saturated heterocycles. The summed E-state index contributed by atoms with van der Waals surface area (Å²) in [6.45, 7) is 20.2. The summed E-state index contributed by atoms with van der Waals surface area (Å²) >= 11 is 6.69. The molecule has 0 radical (unpaired) electrons. The SMILES string of the molecule is C=C(F)C(=O)N1CCN(c2nc(OCC(CCC)N(C)C)nc3c2CCN(c2cccc4cccc(Cl)c24)C3)CC1CC#N.C=CC(=O)N1CCN(c2nc(=O)n(-c3c(C(C)C)ccnc3C)c3nc(-c4c(O)cccc4F)c(F)cc23)C(C)C1. The van der Waals surface area contributed by atoms with Crippen LogP contribution in [0.3, 0.4) is 0 Å². The molecular weight excluding hydrogens is 1110 g/mol. The number of halogens is 4. The Morgan fingerprint density at radius 2 is 1.72 bits per heavy atom. The van der Waals surface area contributed by atoms with E-state index in [0.717, 1.165) is 70.6 Å². The van der Waals surface area contributed by atoms with Gasteiger partial charge in [-0.05, 0) is 100 Å². The maximum atomic E-state index is 15.8. The van der Waals surface area contributed by atoms with Crippen molar-refractivity contribution in [2.75, 3.05) is 81.2 Å². The van der Waals surface area contributed by atoms with Crippen molar-refractivity contribution < 1.29 is 32.6 Å². The Bertz CT molecular complexity index is 3790. The van der Waals surface area contributed by atoms with Crippen molar-refractivity contribution in [1.29, 1.82) is 5.26 Å². The van der Waals surface area contributed by atoms with Crippen LogP contribution in [0.15, 0.2) is 103 Å². The molecule has 0 saturated carbocycles. The topological polar surface area (TPSA) is 193 Å². The molecule has 3 atom stereocenters. The number of aromatic nitrogens is 6. The third kappa shape index (κ3) is 12.6. The number of ether oxygens (including phenoxy) is 1. The number of phenols is 1. The van der Waals surface area contributed by atoms with Crippen LogP contribution in [-0.2, 0) is 22.6 Å². The maximum absolute atomic E-state index is 15.8. The van der Waals surface area contributed by atoms with Crippen LogP contribution in [0.4, 0.5) is 30.5 Å². The number of nitriles is 1. The minimum Gasteiger partial charge on any atom is -0.507 e. The van der Waals surface area contributed by atoms with Gasteiger partial charge in [-0.1, -0.05) is 82.3 Å². The molecule has 10 rings (SSSR count). The predicted molar refractivity (Wildman–Crippen MR) is 324 cm³/mol. The highest BCUT2D eigenvalue weighted by Gasteiger charge is 2.36. The predicted octanol–water partition coefficient (Wildman–Crippen LogP) is 9.85. The average molecular weight is 1180 g/mol. The second-order valence-corrected chi connectivity index (χ2v) is 22.4. The highest BCUT2D eigenvalue weighted by Crippen LogP contribution is 2.40. The average Bonchev–Trinajstić information content (AvgIpc) is 1.37. The fourth-order valence-corrected chi connectivity index (χ4v) is 11.9. The van der Waals surface area contributed by atoms with E-state index >= 15 is 4.39 Å². The van der Waals surface area contributed by atoms with E-state index in [4.69, 9.17) is 26.3 Å². The molecule has 444 valence electrons. The number of amides is 2. The Balaban J connectivity index is 0.000000204. The molecule has 1 N–H and O–H groups in total.